The molecule has 0 aliphatic heterocycles. The molecule has 2 heterocycles. The molecule has 0 bridgehead atoms. The van der Waals surface area contributed by atoms with Crippen LogP contribution in [0.25, 0.3) is 0 Å². The Labute approximate surface area is 134 Å². The summed E-state index contributed by atoms with van der Waals surface area (Å²) in [5, 5.41) is 9.67. The van der Waals surface area contributed by atoms with Crippen molar-refractivity contribution in [1.29, 1.82) is 0 Å². The maximum Gasteiger partial charge on any atom is 0.421 e. The minimum atomic E-state index is -4.75. The second kappa shape index (κ2) is 6.14. The Morgan fingerprint density at radius 1 is 1.25 bits per heavy atom. The number of aryl methyl sites for hydroxylation is 1. The highest BCUT2D eigenvalue weighted by Crippen LogP contribution is 2.26. The van der Waals surface area contributed by atoms with Crippen LogP contribution in [-0.2, 0) is 25.6 Å². The van der Waals surface area contributed by atoms with Crippen molar-refractivity contribution in [1.82, 2.24) is 20.5 Å². The summed E-state index contributed by atoms with van der Waals surface area (Å²) in [6.45, 7) is 0.147. The van der Waals surface area contributed by atoms with E-state index in [1.165, 1.54) is 0 Å². The van der Waals surface area contributed by atoms with Gasteiger partial charge in [-0.2, -0.15) is 18.3 Å². The minimum absolute atomic E-state index is 0.147. The molecule has 0 radical (unpaired) electrons. The van der Waals surface area contributed by atoms with E-state index in [2.05, 4.69) is 15.5 Å². The number of halogens is 3. The second-order valence-corrected chi connectivity index (χ2v) is 5.63. The van der Waals surface area contributed by atoms with E-state index >= 15 is 0 Å². The van der Waals surface area contributed by atoms with Crippen molar-refractivity contribution in [3.8, 4) is 0 Å². The molecule has 0 atom stereocenters. The van der Waals surface area contributed by atoms with Crippen LogP contribution in [0.3, 0.4) is 0 Å². The monoisotopic (exact) mass is 340 g/mol. The van der Waals surface area contributed by atoms with Gasteiger partial charge < -0.3 is 10.3 Å². The third-order valence-corrected chi connectivity index (χ3v) is 4.02. The standard InChI is InChI=1S/C15H15F3N4O2/c16-15(17,18)9-5-6-11(20-13(9)23)14(24)19-7-12-8-3-1-2-4-10(8)21-22-12/h5-6H,1-4,7H2,(H,19,24)(H,20,23)(H,21,22). The van der Waals surface area contributed by atoms with Crippen LogP contribution in [0.4, 0.5) is 13.2 Å². The zero-order valence-electron chi connectivity index (χ0n) is 12.6. The number of aromatic amines is 2. The SMILES string of the molecule is O=C(NCc1n[nH]c2c1CCCC2)c1ccc(C(F)(F)F)c(=O)[nH]1. The fourth-order valence-electron chi connectivity index (χ4n) is 2.78. The number of aromatic nitrogens is 3. The average molecular weight is 340 g/mol. The summed E-state index contributed by atoms with van der Waals surface area (Å²) < 4.78 is 37.6. The van der Waals surface area contributed by atoms with Crippen molar-refractivity contribution in [3.05, 3.63) is 50.7 Å². The molecule has 2 aromatic rings. The Kier molecular flexibility index (Phi) is 4.16. The summed E-state index contributed by atoms with van der Waals surface area (Å²) in [5.41, 5.74) is -0.0340. The van der Waals surface area contributed by atoms with Gasteiger partial charge in [0.25, 0.3) is 11.5 Å². The summed E-state index contributed by atoms with van der Waals surface area (Å²) >= 11 is 0. The van der Waals surface area contributed by atoms with E-state index in [1.54, 1.807) is 0 Å². The molecule has 1 aliphatic rings. The largest absolute Gasteiger partial charge is 0.421 e. The van der Waals surface area contributed by atoms with Crippen molar-refractivity contribution < 1.29 is 18.0 Å². The van der Waals surface area contributed by atoms with Gasteiger partial charge in [-0.05, 0) is 43.4 Å². The first-order valence-corrected chi connectivity index (χ1v) is 7.50. The van der Waals surface area contributed by atoms with Gasteiger partial charge in [-0.3, -0.25) is 14.7 Å². The Morgan fingerprint density at radius 3 is 2.71 bits per heavy atom. The number of carbonyl (C=O) groups excluding carboxylic acids is 1. The predicted octanol–water partition coefficient (Wildman–Crippen LogP) is 1.93. The highest BCUT2D eigenvalue weighted by atomic mass is 19.4. The topological polar surface area (TPSA) is 90.6 Å². The van der Waals surface area contributed by atoms with E-state index in [9.17, 15) is 22.8 Å². The number of H-pyrrole nitrogens is 2. The molecular formula is C15H15F3N4O2. The maximum absolute atomic E-state index is 12.5. The summed E-state index contributed by atoms with van der Waals surface area (Å²) in [6, 6.07) is 1.55. The number of hydrogen-bond acceptors (Lipinski definition) is 3. The molecule has 0 saturated heterocycles. The van der Waals surface area contributed by atoms with Crippen molar-refractivity contribution in [3.63, 3.8) is 0 Å². The van der Waals surface area contributed by atoms with Crippen molar-refractivity contribution in [2.24, 2.45) is 0 Å². The highest BCUT2D eigenvalue weighted by molar-refractivity contribution is 5.92. The molecule has 9 heteroatoms. The normalized spacial score (nSPS) is 14.3. The summed E-state index contributed by atoms with van der Waals surface area (Å²) in [5.74, 6) is -0.659. The molecule has 3 rings (SSSR count). The smallest absolute Gasteiger partial charge is 0.345 e. The first-order chi connectivity index (χ1) is 11.4. The third kappa shape index (κ3) is 3.19. The van der Waals surface area contributed by atoms with Gasteiger partial charge in [-0.25, -0.2) is 0 Å². The number of carbonyl (C=O) groups is 1. The Morgan fingerprint density at radius 2 is 2.00 bits per heavy atom. The Hall–Kier alpha value is -2.58. The zero-order valence-corrected chi connectivity index (χ0v) is 12.6. The molecule has 0 saturated carbocycles. The van der Waals surface area contributed by atoms with Gasteiger partial charge >= 0.3 is 6.18 Å². The summed E-state index contributed by atoms with van der Waals surface area (Å²) in [6.07, 6.45) is -0.805. The lowest BCUT2D eigenvalue weighted by Gasteiger charge is -2.11. The van der Waals surface area contributed by atoms with Crippen LogP contribution in [0, 0.1) is 0 Å². The molecule has 1 aliphatic carbocycles. The number of pyridine rings is 1. The molecule has 6 nitrogen and oxygen atoms in total. The van der Waals surface area contributed by atoms with Gasteiger partial charge in [0.05, 0.1) is 12.2 Å². The molecule has 0 aromatic carbocycles. The van der Waals surface area contributed by atoms with E-state index in [0.717, 1.165) is 43.0 Å². The molecule has 0 unspecified atom stereocenters. The van der Waals surface area contributed by atoms with Crippen LogP contribution < -0.4 is 10.9 Å². The van der Waals surface area contributed by atoms with Crippen LogP contribution in [0.15, 0.2) is 16.9 Å². The maximum atomic E-state index is 12.5. The van der Waals surface area contributed by atoms with Crippen LogP contribution in [0.5, 0.6) is 0 Å². The molecule has 2 aromatic heterocycles. The van der Waals surface area contributed by atoms with E-state index < -0.39 is 23.2 Å². The molecule has 1 amide bonds. The van der Waals surface area contributed by atoms with Crippen LogP contribution in [0.2, 0.25) is 0 Å². The Bertz CT molecular complexity index is 823. The molecule has 0 fully saturated rings. The number of fused-ring (bicyclic) bond motifs is 1. The molecule has 24 heavy (non-hydrogen) atoms. The number of nitrogens with zero attached hydrogens (tertiary/aromatic N) is 1. The van der Waals surface area contributed by atoms with Gasteiger partial charge in [0.15, 0.2) is 0 Å². The lowest BCUT2D eigenvalue weighted by atomic mass is 9.96. The fraction of sp³-hybridized carbons (Fsp3) is 0.400. The van der Waals surface area contributed by atoms with Crippen LogP contribution in [0.1, 0.15) is 45.8 Å². The van der Waals surface area contributed by atoms with Crippen molar-refractivity contribution in [2.75, 3.05) is 0 Å². The molecule has 3 N–H and O–H groups in total. The van der Waals surface area contributed by atoms with Gasteiger partial charge in [0.1, 0.15) is 11.3 Å². The number of amides is 1. The molecular weight excluding hydrogens is 325 g/mol. The first-order valence-electron chi connectivity index (χ1n) is 7.50. The number of alkyl halides is 3. The van der Waals surface area contributed by atoms with Gasteiger partial charge in [-0.1, -0.05) is 0 Å². The highest BCUT2D eigenvalue weighted by Gasteiger charge is 2.34. The number of nitrogens with one attached hydrogen (secondary N) is 3. The van der Waals surface area contributed by atoms with Gasteiger partial charge in [-0.15, -0.1) is 0 Å². The van der Waals surface area contributed by atoms with Gasteiger partial charge in [0, 0.05) is 5.69 Å². The predicted molar refractivity (Wildman–Crippen MR) is 78.5 cm³/mol. The van der Waals surface area contributed by atoms with Gasteiger partial charge in [0.2, 0.25) is 0 Å². The first kappa shape index (κ1) is 16.3. The molecule has 128 valence electrons. The summed E-state index contributed by atoms with van der Waals surface area (Å²) in [4.78, 5) is 25.4. The Balaban J connectivity index is 1.71. The number of rotatable bonds is 3. The van der Waals surface area contributed by atoms with Crippen LogP contribution >= 0.6 is 0 Å². The minimum Gasteiger partial charge on any atom is -0.345 e. The molecule has 0 spiro atoms. The van der Waals surface area contributed by atoms with E-state index in [4.69, 9.17) is 0 Å². The zero-order chi connectivity index (χ0) is 17.3. The van der Waals surface area contributed by atoms with E-state index in [1.807, 2.05) is 4.98 Å². The van der Waals surface area contributed by atoms with E-state index in [0.29, 0.717) is 11.8 Å². The number of hydrogen-bond donors (Lipinski definition) is 3. The fourth-order valence-corrected chi connectivity index (χ4v) is 2.78. The van der Waals surface area contributed by atoms with Crippen molar-refractivity contribution in [2.45, 2.75) is 38.4 Å². The quantitative estimate of drug-likeness (QED) is 0.797. The average Bonchev–Trinajstić information content (AvgIpc) is 2.94. The lowest BCUT2D eigenvalue weighted by molar-refractivity contribution is -0.138. The third-order valence-electron chi connectivity index (χ3n) is 4.02. The summed E-state index contributed by atoms with van der Waals surface area (Å²) in [7, 11) is 0. The lowest BCUT2D eigenvalue weighted by Crippen LogP contribution is -2.29. The van der Waals surface area contributed by atoms with Crippen molar-refractivity contribution >= 4 is 5.91 Å². The van der Waals surface area contributed by atoms with Crippen LogP contribution in [-0.4, -0.2) is 21.1 Å². The second-order valence-electron chi connectivity index (χ2n) is 5.63. The van der Waals surface area contributed by atoms with E-state index in [-0.39, 0.29) is 12.2 Å².